The second kappa shape index (κ2) is 5.48. The molecule has 0 amide bonds. The van der Waals surface area contributed by atoms with Crippen LogP contribution in [0.2, 0.25) is 0 Å². The SMILES string of the molecule is NC1(C(=O)Cc2ccc(I)cc2)CCCCC1. The molecule has 1 aliphatic rings. The maximum Gasteiger partial charge on any atom is 0.156 e. The number of hydrogen-bond donors (Lipinski definition) is 1. The average Bonchev–Trinajstić information content (AvgIpc) is 2.33. The highest BCUT2D eigenvalue weighted by atomic mass is 127. The first-order chi connectivity index (χ1) is 8.10. The molecule has 0 radical (unpaired) electrons. The lowest BCUT2D eigenvalue weighted by Gasteiger charge is -2.31. The van der Waals surface area contributed by atoms with Crippen LogP contribution in [-0.2, 0) is 11.2 Å². The Kier molecular flexibility index (Phi) is 4.20. The van der Waals surface area contributed by atoms with Crippen LogP contribution >= 0.6 is 22.6 Å². The van der Waals surface area contributed by atoms with Gasteiger partial charge in [-0.15, -0.1) is 0 Å². The van der Waals surface area contributed by atoms with Crippen LogP contribution < -0.4 is 5.73 Å². The third-order valence-corrected chi connectivity index (χ3v) is 4.30. The van der Waals surface area contributed by atoms with Gasteiger partial charge in [0, 0.05) is 9.99 Å². The molecular weight excluding hydrogens is 325 g/mol. The number of Topliss-reactive ketones (excluding diaryl/α,β-unsaturated/α-hetero) is 1. The van der Waals surface area contributed by atoms with Gasteiger partial charge in [0.1, 0.15) is 0 Å². The van der Waals surface area contributed by atoms with Gasteiger partial charge in [-0.2, -0.15) is 0 Å². The summed E-state index contributed by atoms with van der Waals surface area (Å²) in [5, 5.41) is 0. The van der Waals surface area contributed by atoms with Gasteiger partial charge in [0.15, 0.2) is 5.78 Å². The maximum atomic E-state index is 12.2. The predicted octanol–water partition coefficient (Wildman–Crippen LogP) is 3.06. The van der Waals surface area contributed by atoms with Crippen LogP contribution in [-0.4, -0.2) is 11.3 Å². The van der Waals surface area contributed by atoms with Gasteiger partial charge < -0.3 is 5.73 Å². The lowest BCUT2D eigenvalue weighted by molar-refractivity contribution is -0.124. The summed E-state index contributed by atoms with van der Waals surface area (Å²) in [5.74, 6) is 0.207. The molecule has 0 bridgehead atoms. The van der Waals surface area contributed by atoms with Crippen LogP contribution in [0.25, 0.3) is 0 Å². The first-order valence-electron chi connectivity index (χ1n) is 6.17. The van der Waals surface area contributed by atoms with Gasteiger partial charge >= 0.3 is 0 Å². The zero-order valence-corrected chi connectivity index (χ0v) is 12.1. The number of carbonyl (C=O) groups is 1. The Hall–Kier alpha value is -0.420. The van der Waals surface area contributed by atoms with Crippen LogP contribution in [0.4, 0.5) is 0 Å². The summed E-state index contributed by atoms with van der Waals surface area (Å²) in [6.45, 7) is 0. The van der Waals surface area contributed by atoms with Gasteiger partial charge in [-0.1, -0.05) is 31.4 Å². The highest BCUT2D eigenvalue weighted by molar-refractivity contribution is 14.1. The number of halogens is 1. The zero-order valence-electron chi connectivity index (χ0n) is 9.92. The number of ketones is 1. The fraction of sp³-hybridized carbons (Fsp3) is 0.500. The standard InChI is InChI=1S/C14H18INO/c15-12-6-4-11(5-7-12)10-13(17)14(16)8-2-1-3-9-14/h4-7H,1-3,8-10,16H2. The van der Waals surface area contributed by atoms with Gasteiger partial charge in [0.05, 0.1) is 5.54 Å². The molecular formula is C14H18INO. The first-order valence-corrected chi connectivity index (χ1v) is 7.25. The monoisotopic (exact) mass is 343 g/mol. The molecule has 0 saturated heterocycles. The molecule has 0 atom stereocenters. The highest BCUT2D eigenvalue weighted by Gasteiger charge is 2.34. The van der Waals surface area contributed by atoms with E-state index in [1.165, 1.54) is 9.99 Å². The largest absolute Gasteiger partial charge is 0.319 e. The van der Waals surface area contributed by atoms with E-state index in [0.29, 0.717) is 6.42 Å². The summed E-state index contributed by atoms with van der Waals surface area (Å²) in [4.78, 5) is 12.2. The van der Waals surface area contributed by atoms with Crippen LogP contribution in [0.15, 0.2) is 24.3 Å². The Morgan fingerprint density at radius 2 is 1.76 bits per heavy atom. The van der Waals surface area contributed by atoms with Crippen molar-refractivity contribution in [2.45, 2.75) is 44.1 Å². The van der Waals surface area contributed by atoms with Crippen molar-refractivity contribution in [3.63, 3.8) is 0 Å². The van der Waals surface area contributed by atoms with Crippen LogP contribution in [0.3, 0.4) is 0 Å². The van der Waals surface area contributed by atoms with Crippen LogP contribution in [0.1, 0.15) is 37.7 Å². The molecule has 2 nitrogen and oxygen atoms in total. The van der Waals surface area contributed by atoms with E-state index in [1.807, 2.05) is 24.3 Å². The van der Waals surface area contributed by atoms with E-state index >= 15 is 0 Å². The molecule has 1 saturated carbocycles. The summed E-state index contributed by atoms with van der Waals surface area (Å²) in [5.41, 5.74) is 6.75. The molecule has 1 aromatic rings. The Morgan fingerprint density at radius 1 is 1.18 bits per heavy atom. The number of nitrogens with two attached hydrogens (primary N) is 1. The molecule has 0 aliphatic heterocycles. The molecule has 92 valence electrons. The van der Waals surface area contributed by atoms with E-state index in [9.17, 15) is 4.79 Å². The topological polar surface area (TPSA) is 43.1 Å². The maximum absolute atomic E-state index is 12.2. The summed E-state index contributed by atoms with van der Waals surface area (Å²) < 4.78 is 1.19. The number of rotatable bonds is 3. The van der Waals surface area contributed by atoms with E-state index in [1.54, 1.807) is 0 Å². The molecule has 0 spiro atoms. The third-order valence-electron chi connectivity index (χ3n) is 3.58. The Morgan fingerprint density at radius 3 is 2.35 bits per heavy atom. The molecule has 0 aromatic heterocycles. The zero-order chi connectivity index (χ0) is 12.3. The van der Waals surface area contributed by atoms with E-state index in [2.05, 4.69) is 22.6 Å². The summed E-state index contributed by atoms with van der Waals surface area (Å²) in [6, 6.07) is 8.11. The van der Waals surface area contributed by atoms with Crippen molar-refractivity contribution in [1.82, 2.24) is 0 Å². The van der Waals surface area contributed by atoms with Crippen LogP contribution in [0.5, 0.6) is 0 Å². The van der Waals surface area contributed by atoms with Crippen LogP contribution in [0, 0.1) is 3.57 Å². The van der Waals surface area contributed by atoms with Crippen molar-refractivity contribution in [1.29, 1.82) is 0 Å². The van der Waals surface area contributed by atoms with Gasteiger partial charge in [-0.05, 0) is 53.1 Å². The van der Waals surface area contributed by atoms with Crippen molar-refractivity contribution in [3.8, 4) is 0 Å². The minimum absolute atomic E-state index is 0.207. The minimum atomic E-state index is -0.554. The molecule has 0 heterocycles. The highest BCUT2D eigenvalue weighted by Crippen LogP contribution is 2.27. The molecule has 2 rings (SSSR count). The van der Waals surface area contributed by atoms with Crippen molar-refractivity contribution >= 4 is 28.4 Å². The minimum Gasteiger partial charge on any atom is -0.319 e. The summed E-state index contributed by atoms with van der Waals surface area (Å²) in [6.07, 6.45) is 5.60. The van der Waals surface area contributed by atoms with E-state index in [4.69, 9.17) is 5.73 Å². The van der Waals surface area contributed by atoms with Gasteiger partial charge in [0.2, 0.25) is 0 Å². The smallest absolute Gasteiger partial charge is 0.156 e. The second-order valence-corrected chi connectivity index (χ2v) is 6.19. The second-order valence-electron chi connectivity index (χ2n) is 4.94. The molecule has 1 fully saturated rings. The van der Waals surface area contributed by atoms with E-state index < -0.39 is 5.54 Å². The lowest BCUT2D eigenvalue weighted by Crippen LogP contribution is -2.50. The van der Waals surface area contributed by atoms with Gasteiger partial charge in [-0.3, -0.25) is 4.79 Å². The average molecular weight is 343 g/mol. The van der Waals surface area contributed by atoms with Gasteiger partial charge in [-0.25, -0.2) is 0 Å². The fourth-order valence-electron chi connectivity index (χ4n) is 2.43. The Labute approximate surface area is 116 Å². The number of hydrogen-bond acceptors (Lipinski definition) is 2. The molecule has 1 aromatic carbocycles. The molecule has 0 unspecified atom stereocenters. The lowest BCUT2D eigenvalue weighted by atomic mass is 9.78. The van der Waals surface area contributed by atoms with Gasteiger partial charge in [0.25, 0.3) is 0 Å². The Balaban J connectivity index is 2.03. The fourth-order valence-corrected chi connectivity index (χ4v) is 2.78. The Bertz CT molecular complexity index is 393. The molecule has 17 heavy (non-hydrogen) atoms. The molecule has 3 heteroatoms. The first kappa shape index (κ1) is 13.0. The summed E-state index contributed by atoms with van der Waals surface area (Å²) >= 11 is 2.27. The quantitative estimate of drug-likeness (QED) is 0.858. The van der Waals surface area contributed by atoms with E-state index in [0.717, 1.165) is 31.2 Å². The molecule has 1 aliphatic carbocycles. The normalized spacial score (nSPS) is 18.9. The van der Waals surface area contributed by atoms with Crippen molar-refractivity contribution < 1.29 is 4.79 Å². The number of carbonyl (C=O) groups excluding carboxylic acids is 1. The van der Waals surface area contributed by atoms with Crippen molar-refractivity contribution in [3.05, 3.63) is 33.4 Å². The van der Waals surface area contributed by atoms with Crippen molar-refractivity contribution in [2.75, 3.05) is 0 Å². The van der Waals surface area contributed by atoms with Crippen molar-refractivity contribution in [2.24, 2.45) is 5.73 Å². The number of benzene rings is 1. The predicted molar refractivity (Wildman–Crippen MR) is 77.9 cm³/mol. The van der Waals surface area contributed by atoms with E-state index in [-0.39, 0.29) is 5.78 Å². The molecule has 2 N–H and O–H groups in total. The third kappa shape index (κ3) is 3.28. The summed E-state index contributed by atoms with van der Waals surface area (Å²) in [7, 11) is 0.